The SMILES string of the molecule is CN1C(=O)COc2c(C(=O)NC3CN4CCCC[C@H]3CC4)cc(Cl)cc21. The van der Waals surface area contributed by atoms with E-state index in [1.54, 1.807) is 19.2 Å². The van der Waals surface area contributed by atoms with Gasteiger partial charge in [-0.3, -0.25) is 9.59 Å². The van der Waals surface area contributed by atoms with Crippen molar-refractivity contribution >= 4 is 29.1 Å². The molecular formula is C19H24ClN3O3. The molecule has 5 rings (SSSR count). The molecule has 3 saturated heterocycles. The van der Waals surface area contributed by atoms with Gasteiger partial charge < -0.3 is 19.9 Å². The number of nitrogens with one attached hydrogen (secondary N) is 1. The smallest absolute Gasteiger partial charge is 0.264 e. The number of carbonyl (C=O) groups excluding carboxylic acids is 2. The molecule has 0 spiro atoms. The van der Waals surface area contributed by atoms with Crippen molar-refractivity contribution < 1.29 is 14.3 Å². The average molecular weight is 378 g/mol. The van der Waals surface area contributed by atoms with E-state index in [0.717, 1.165) is 26.1 Å². The molecule has 2 unspecified atom stereocenters. The van der Waals surface area contributed by atoms with Crippen molar-refractivity contribution in [3.05, 3.63) is 22.7 Å². The molecule has 3 fully saturated rings. The van der Waals surface area contributed by atoms with Crippen molar-refractivity contribution in [2.75, 3.05) is 38.2 Å². The van der Waals surface area contributed by atoms with Gasteiger partial charge in [-0.15, -0.1) is 0 Å². The van der Waals surface area contributed by atoms with Gasteiger partial charge in [-0.25, -0.2) is 0 Å². The van der Waals surface area contributed by atoms with Gasteiger partial charge in [0.1, 0.15) is 0 Å². The van der Waals surface area contributed by atoms with Crippen LogP contribution in [0.1, 0.15) is 36.0 Å². The summed E-state index contributed by atoms with van der Waals surface area (Å²) in [7, 11) is 1.67. The van der Waals surface area contributed by atoms with Crippen molar-refractivity contribution in [1.82, 2.24) is 10.2 Å². The first-order valence-electron chi connectivity index (χ1n) is 9.29. The molecule has 0 aliphatic carbocycles. The Balaban J connectivity index is 1.59. The number of carbonyl (C=O) groups is 2. The first kappa shape index (κ1) is 17.6. The van der Waals surface area contributed by atoms with Gasteiger partial charge in [0.05, 0.1) is 11.3 Å². The summed E-state index contributed by atoms with van der Waals surface area (Å²) >= 11 is 6.21. The number of ether oxygens (including phenoxy) is 1. The van der Waals surface area contributed by atoms with Gasteiger partial charge in [0.15, 0.2) is 12.4 Å². The highest BCUT2D eigenvalue weighted by Crippen LogP contribution is 2.38. The van der Waals surface area contributed by atoms with Gasteiger partial charge in [0.25, 0.3) is 11.8 Å². The fourth-order valence-electron chi connectivity index (χ4n) is 4.28. The van der Waals surface area contributed by atoms with Gasteiger partial charge in [0, 0.05) is 24.7 Å². The second-order valence-electron chi connectivity index (χ2n) is 7.47. The molecular weight excluding hydrogens is 354 g/mol. The summed E-state index contributed by atoms with van der Waals surface area (Å²) in [6.45, 7) is 3.07. The first-order chi connectivity index (χ1) is 12.5. The van der Waals surface area contributed by atoms with Crippen molar-refractivity contribution in [3.63, 3.8) is 0 Å². The molecule has 26 heavy (non-hydrogen) atoms. The highest BCUT2D eigenvalue weighted by atomic mass is 35.5. The number of nitrogens with zero attached hydrogens (tertiary/aromatic N) is 2. The molecule has 0 aromatic heterocycles. The Morgan fingerprint density at radius 3 is 2.96 bits per heavy atom. The molecule has 140 valence electrons. The Kier molecular flexibility index (Phi) is 4.80. The van der Waals surface area contributed by atoms with Crippen LogP contribution in [0.2, 0.25) is 5.02 Å². The summed E-state index contributed by atoms with van der Waals surface area (Å²) in [6, 6.07) is 3.43. The number of hydrogen-bond acceptors (Lipinski definition) is 4. The third-order valence-corrected chi connectivity index (χ3v) is 6.03. The topological polar surface area (TPSA) is 61.9 Å². The summed E-state index contributed by atoms with van der Waals surface area (Å²) in [6.07, 6.45) is 4.76. The van der Waals surface area contributed by atoms with E-state index in [1.807, 2.05) is 0 Å². The number of likely N-dealkylation sites (N-methyl/N-ethyl adjacent to an activating group) is 1. The van der Waals surface area contributed by atoms with Crippen LogP contribution in [-0.4, -0.2) is 56.0 Å². The standard InChI is InChI=1S/C19H24ClN3O3/c1-22-16-9-13(20)8-14(18(16)26-11-17(22)24)19(25)21-15-10-23-6-3-2-4-12(15)5-7-23/h8-9,12,15H,2-7,10-11H2,1H3,(H,21,25)/t12-,15?/m0/s1. The van der Waals surface area contributed by atoms with Crippen LogP contribution in [0.15, 0.2) is 12.1 Å². The lowest BCUT2D eigenvalue weighted by Gasteiger charge is -2.41. The Labute approximate surface area is 158 Å². The molecule has 1 aromatic carbocycles. The maximum Gasteiger partial charge on any atom is 0.264 e. The quantitative estimate of drug-likeness (QED) is 0.859. The second-order valence-corrected chi connectivity index (χ2v) is 7.90. The van der Waals surface area contributed by atoms with Crippen molar-refractivity contribution in [2.45, 2.75) is 31.7 Å². The maximum atomic E-state index is 13.0. The van der Waals surface area contributed by atoms with E-state index < -0.39 is 0 Å². The number of benzene rings is 1. The molecule has 4 heterocycles. The molecule has 1 aromatic rings. The highest BCUT2D eigenvalue weighted by Gasteiger charge is 2.33. The Bertz CT molecular complexity index is 735. The molecule has 4 aliphatic rings. The number of anilines is 1. The van der Waals surface area contributed by atoms with E-state index in [4.69, 9.17) is 16.3 Å². The van der Waals surface area contributed by atoms with E-state index in [2.05, 4.69) is 10.2 Å². The third kappa shape index (κ3) is 3.28. The Hall–Kier alpha value is -1.79. The van der Waals surface area contributed by atoms with Gasteiger partial charge >= 0.3 is 0 Å². The van der Waals surface area contributed by atoms with Crippen LogP contribution in [0.4, 0.5) is 5.69 Å². The minimum atomic E-state index is -0.177. The third-order valence-electron chi connectivity index (χ3n) is 5.81. The predicted octanol–water partition coefficient (Wildman–Crippen LogP) is 2.30. The van der Waals surface area contributed by atoms with Gasteiger partial charge in [-0.05, 0) is 50.4 Å². The second kappa shape index (κ2) is 7.08. The van der Waals surface area contributed by atoms with E-state index in [9.17, 15) is 9.59 Å². The summed E-state index contributed by atoms with van der Waals surface area (Å²) < 4.78 is 5.59. The van der Waals surface area contributed by atoms with Gasteiger partial charge in [-0.2, -0.15) is 0 Å². The molecule has 7 heteroatoms. The fraction of sp³-hybridized carbons (Fsp3) is 0.579. The van der Waals surface area contributed by atoms with Crippen LogP contribution in [0.5, 0.6) is 5.75 Å². The number of halogens is 1. The summed E-state index contributed by atoms with van der Waals surface area (Å²) in [5.41, 5.74) is 0.946. The normalized spacial score (nSPS) is 28.0. The minimum Gasteiger partial charge on any atom is -0.481 e. The van der Waals surface area contributed by atoms with Crippen molar-refractivity contribution in [2.24, 2.45) is 5.92 Å². The zero-order valence-electron chi connectivity index (χ0n) is 15.0. The fourth-order valence-corrected chi connectivity index (χ4v) is 4.49. The minimum absolute atomic E-state index is 0.0642. The van der Waals surface area contributed by atoms with Crippen LogP contribution in [-0.2, 0) is 4.79 Å². The van der Waals surface area contributed by atoms with E-state index >= 15 is 0 Å². The largest absolute Gasteiger partial charge is 0.481 e. The molecule has 2 amide bonds. The summed E-state index contributed by atoms with van der Waals surface area (Å²) in [4.78, 5) is 28.8. The van der Waals surface area contributed by atoms with E-state index in [1.165, 1.54) is 24.2 Å². The van der Waals surface area contributed by atoms with Crippen LogP contribution in [0.25, 0.3) is 0 Å². The van der Waals surface area contributed by atoms with Gasteiger partial charge in [-0.1, -0.05) is 18.0 Å². The lowest BCUT2D eigenvalue weighted by molar-refractivity contribution is -0.121. The number of amides is 2. The summed E-state index contributed by atoms with van der Waals surface area (Å²) in [5.74, 6) is 0.626. The average Bonchev–Trinajstić information content (AvgIpc) is 2.59. The molecule has 4 aliphatic heterocycles. The molecule has 3 atom stereocenters. The van der Waals surface area contributed by atoms with Crippen LogP contribution < -0.4 is 15.0 Å². The van der Waals surface area contributed by atoms with Crippen molar-refractivity contribution in [1.29, 1.82) is 0 Å². The zero-order chi connectivity index (χ0) is 18.3. The molecule has 0 saturated carbocycles. The molecule has 6 nitrogen and oxygen atoms in total. The first-order valence-corrected chi connectivity index (χ1v) is 9.67. The predicted molar refractivity (Wildman–Crippen MR) is 100 cm³/mol. The van der Waals surface area contributed by atoms with Gasteiger partial charge in [0.2, 0.25) is 0 Å². The Morgan fingerprint density at radius 2 is 2.12 bits per heavy atom. The monoisotopic (exact) mass is 377 g/mol. The molecule has 1 N–H and O–H groups in total. The van der Waals surface area contributed by atoms with Crippen LogP contribution in [0.3, 0.4) is 0 Å². The Morgan fingerprint density at radius 1 is 1.27 bits per heavy atom. The highest BCUT2D eigenvalue weighted by molar-refractivity contribution is 6.31. The van der Waals surface area contributed by atoms with Crippen LogP contribution in [0, 0.1) is 5.92 Å². The zero-order valence-corrected chi connectivity index (χ0v) is 15.7. The van der Waals surface area contributed by atoms with Crippen LogP contribution >= 0.6 is 11.6 Å². The lowest BCUT2D eigenvalue weighted by Crippen LogP contribution is -2.53. The number of hydrogen-bond donors (Lipinski definition) is 1. The number of rotatable bonds is 2. The maximum absolute atomic E-state index is 13.0. The molecule has 0 radical (unpaired) electrons. The molecule has 2 bridgehead atoms. The number of piperidine rings is 1. The lowest BCUT2D eigenvalue weighted by atomic mass is 9.85. The summed E-state index contributed by atoms with van der Waals surface area (Å²) in [5, 5.41) is 3.63. The number of fused-ring (bicyclic) bond motifs is 6. The van der Waals surface area contributed by atoms with E-state index in [0.29, 0.717) is 27.9 Å². The van der Waals surface area contributed by atoms with Crippen molar-refractivity contribution in [3.8, 4) is 5.75 Å². The van der Waals surface area contributed by atoms with E-state index in [-0.39, 0.29) is 24.5 Å².